The van der Waals surface area contributed by atoms with Crippen molar-refractivity contribution < 1.29 is 28.6 Å². The van der Waals surface area contributed by atoms with Gasteiger partial charge in [-0.25, -0.2) is 0 Å². The van der Waals surface area contributed by atoms with Gasteiger partial charge in [-0.2, -0.15) is 0 Å². The highest BCUT2D eigenvalue weighted by atomic mass is 16.6. The summed E-state index contributed by atoms with van der Waals surface area (Å²) in [6.07, 6.45) is 47.9. The van der Waals surface area contributed by atoms with Crippen molar-refractivity contribution in [2.45, 2.75) is 304 Å². The first kappa shape index (κ1) is 58.4. The Labute approximate surface area is 374 Å². The zero-order chi connectivity index (χ0) is 44.0. The fraction of sp³-hybridized carbons (Fsp3) is 0.944. The van der Waals surface area contributed by atoms with Crippen molar-refractivity contribution in [3.8, 4) is 0 Å². The van der Waals surface area contributed by atoms with Crippen molar-refractivity contribution >= 4 is 17.9 Å². The minimum absolute atomic E-state index is 0.0636. The van der Waals surface area contributed by atoms with Gasteiger partial charge >= 0.3 is 17.9 Å². The highest BCUT2D eigenvalue weighted by Gasteiger charge is 2.19. The van der Waals surface area contributed by atoms with Crippen LogP contribution in [-0.2, 0) is 28.6 Å². The summed E-state index contributed by atoms with van der Waals surface area (Å²) in [5.41, 5.74) is 0. The maximum Gasteiger partial charge on any atom is 0.306 e. The standard InChI is InChI=1S/C54H104O6/c1-6-9-10-11-12-13-14-20-24-31-36-41-46-54(57)60-51(48-59-53(56)45-40-35-30-26-25-28-33-38-43-50(5)8-3)47-58-52(55)44-39-34-29-23-21-18-16-15-17-19-22-27-32-37-42-49(4)7-2/h49-51H,6-48H2,1-5H3/t49?,50?,51-/m1/s1. The van der Waals surface area contributed by atoms with Crippen LogP contribution in [0.25, 0.3) is 0 Å². The number of hydrogen-bond acceptors (Lipinski definition) is 6. The molecular weight excluding hydrogens is 745 g/mol. The van der Waals surface area contributed by atoms with Gasteiger partial charge in [-0.05, 0) is 31.1 Å². The second-order valence-corrected chi connectivity index (χ2v) is 19.0. The molecule has 0 amide bonds. The number of carbonyl (C=O) groups is 3. The Balaban J connectivity index is 4.28. The first-order valence-electron chi connectivity index (χ1n) is 26.8. The summed E-state index contributed by atoms with van der Waals surface area (Å²) in [6, 6.07) is 0. The first-order chi connectivity index (χ1) is 29.3. The summed E-state index contributed by atoms with van der Waals surface area (Å²) >= 11 is 0. The van der Waals surface area contributed by atoms with Crippen molar-refractivity contribution in [3.05, 3.63) is 0 Å². The lowest BCUT2D eigenvalue weighted by Crippen LogP contribution is -2.30. The third-order valence-corrected chi connectivity index (χ3v) is 12.9. The second kappa shape index (κ2) is 46.9. The number of carbonyl (C=O) groups excluding carboxylic acids is 3. The van der Waals surface area contributed by atoms with E-state index in [0.717, 1.165) is 69.6 Å². The van der Waals surface area contributed by atoms with Gasteiger partial charge < -0.3 is 14.2 Å². The molecule has 0 spiro atoms. The van der Waals surface area contributed by atoms with E-state index in [1.165, 1.54) is 186 Å². The van der Waals surface area contributed by atoms with E-state index < -0.39 is 6.10 Å². The average molecular weight is 849 g/mol. The summed E-state index contributed by atoms with van der Waals surface area (Å²) in [7, 11) is 0. The molecule has 0 aromatic heterocycles. The molecule has 0 fully saturated rings. The Bertz CT molecular complexity index is 920. The quantitative estimate of drug-likeness (QED) is 0.0345. The van der Waals surface area contributed by atoms with E-state index in [1.54, 1.807) is 0 Å². The minimum Gasteiger partial charge on any atom is -0.462 e. The van der Waals surface area contributed by atoms with E-state index in [0.29, 0.717) is 19.3 Å². The van der Waals surface area contributed by atoms with E-state index in [9.17, 15) is 14.4 Å². The van der Waals surface area contributed by atoms with Gasteiger partial charge in [-0.1, -0.05) is 259 Å². The summed E-state index contributed by atoms with van der Waals surface area (Å²) < 4.78 is 16.8. The fourth-order valence-corrected chi connectivity index (χ4v) is 8.10. The third kappa shape index (κ3) is 44.5. The molecule has 0 aromatic carbocycles. The molecular formula is C54H104O6. The topological polar surface area (TPSA) is 78.9 Å². The maximum atomic E-state index is 12.8. The molecule has 60 heavy (non-hydrogen) atoms. The van der Waals surface area contributed by atoms with Gasteiger partial charge in [0.2, 0.25) is 0 Å². The molecule has 0 radical (unpaired) electrons. The average Bonchev–Trinajstić information content (AvgIpc) is 3.25. The molecule has 0 saturated carbocycles. The van der Waals surface area contributed by atoms with Gasteiger partial charge in [0.25, 0.3) is 0 Å². The molecule has 0 aliphatic carbocycles. The van der Waals surface area contributed by atoms with E-state index >= 15 is 0 Å². The van der Waals surface area contributed by atoms with Gasteiger partial charge in [-0.15, -0.1) is 0 Å². The van der Waals surface area contributed by atoms with Crippen LogP contribution in [0.1, 0.15) is 298 Å². The molecule has 0 N–H and O–H groups in total. The Hall–Kier alpha value is -1.59. The molecule has 0 aliphatic rings. The minimum atomic E-state index is -0.762. The Morgan fingerprint density at radius 3 is 0.867 bits per heavy atom. The first-order valence-corrected chi connectivity index (χ1v) is 26.8. The van der Waals surface area contributed by atoms with Crippen LogP contribution in [0, 0.1) is 11.8 Å². The summed E-state index contributed by atoms with van der Waals surface area (Å²) in [5.74, 6) is 0.897. The Morgan fingerprint density at radius 1 is 0.333 bits per heavy atom. The largest absolute Gasteiger partial charge is 0.462 e. The number of rotatable bonds is 48. The molecule has 2 unspecified atom stereocenters. The molecule has 0 heterocycles. The van der Waals surface area contributed by atoms with E-state index in [2.05, 4.69) is 34.6 Å². The van der Waals surface area contributed by atoms with Crippen molar-refractivity contribution in [1.29, 1.82) is 0 Å². The fourth-order valence-electron chi connectivity index (χ4n) is 8.10. The number of ether oxygens (including phenoxy) is 3. The Morgan fingerprint density at radius 2 is 0.583 bits per heavy atom. The Kier molecular flexibility index (Phi) is 45.7. The van der Waals surface area contributed by atoms with Gasteiger partial charge in [0.1, 0.15) is 13.2 Å². The maximum absolute atomic E-state index is 12.8. The predicted octanol–water partition coefficient (Wildman–Crippen LogP) is 17.3. The summed E-state index contributed by atoms with van der Waals surface area (Å²) in [4.78, 5) is 38.0. The van der Waals surface area contributed by atoms with Crippen LogP contribution in [0.5, 0.6) is 0 Å². The molecule has 0 aromatic rings. The van der Waals surface area contributed by atoms with Crippen LogP contribution in [0.3, 0.4) is 0 Å². The van der Waals surface area contributed by atoms with Gasteiger partial charge in [-0.3, -0.25) is 14.4 Å². The normalized spacial score (nSPS) is 12.9. The van der Waals surface area contributed by atoms with Crippen LogP contribution in [0.4, 0.5) is 0 Å². The van der Waals surface area contributed by atoms with Crippen molar-refractivity contribution in [1.82, 2.24) is 0 Å². The van der Waals surface area contributed by atoms with Crippen molar-refractivity contribution in [3.63, 3.8) is 0 Å². The summed E-state index contributed by atoms with van der Waals surface area (Å²) in [6.45, 7) is 11.4. The van der Waals surface area contributed by atoms with Gasteiger partial charge in [0, 0.05) is 19.3 Å². The molecule has 0 rings (SSSR count). The smallest absolute Gasteiger partial charge is 0.306 e. The van der Waals surface area contributed by atoms with Gasteiger partial charge in [0.05, 0.1) is 0 Å². The van der Waals surface area contributed by atoms with Crippen LogP contribution in [0.2, 0.25) is 0 Å². The van der Waals surface area contributed by atoms with Crippen LogP contribution in [-0.4, -0.2) is 37.2 Å². The predicted molar refractivity (Wildman–Crippen MR) is 256 cm³/mol. The molecule has 3 atom stereocenters. The monoisotopic (exact) mass is 849 g/mol. The zero-order valence-electron chi connectivity index (χ0n) is 41.1. The third-order valence-electron chi connectivity index (χ3n) is 12.9. The van der Waals surface area contributed by atoms with Crippen molar-refractivity contribution in [2.24, 2.45) is 11.8 Å². The molecule has 0 aliphatic heterocycles. The molecule has 6 nitrogen and oxygen atoms in total. The lowest BCUT2D eigenvalue weighted by atomic mass is 9.99. The van der Waals surface area contributed by atoms with Crippen molar-refractivity contribution in [2.75, 3.05) is 13.2 Å². The lowest BCUT2D eigenvalue weighted by molar-refractivity contribution is -0.167. The van der Waals surface area contributed by atoms with Gasteiger partial charge in [0.15, 0.2) is 6.10 Å². The summed E-state index contributed by atoms with van der Waals surface area (Å²) in [5, 5.41) is 0. The second-order valence-electron chi connectivity index (χ2n) is 19.0. The lowest BCUT2D eigenvalue weighted by Gasteiger charge is -2.18. The van der Waals surface area contributed by atoms with E-state index in [1.807, 2.05) is 0 Å². The molecule has 0 saturated heterocycles. The molecule has 0 bridgehead atoms. The SMILES string of the molecule is CCCCCCCCCCCCCCC(=O)O[C@H](COC(=O)CCCCCCCCCCCCCCCCC(C)CC)COC(=O)CCCCCCCCCCC(C)CC. The highest BCUT2D eigenvalue weighted by molar-refractivity contribution is 5.71. The number of unbranched alkanes of at least 4 members (excludes halogenated alkanes) is 31. The molecule has 356 valence electrons. The van der Waals surface area contributed by atoms with E-state index in [-0.39, 0.29) is 31.1 Å². The van der Waals surface area contributed by atoms with Crippen LogP contribution >= 0.6 is 0 Å². The number of hydrogen-bond donors (Lipinski definition) is 0. The van der Waals surface area contributed by atoms with E-state index in [4.69, 9.17) is 14.2 Å². The van der Waals surface area contributed by atoms with Crippen LogP contribution < -0.4 is 0 Å². The molecule has 6 heteroatoms. The highest BCUT2D eigenvalue weighted by Crippen LogP contribution is 2.18. The zero-order valence-corrected chi connectivity index (χ0v) is 41.1. The van der Waals surface area contributed by atoms with Crippen LogP contribution in [0.15, 0.2) is 0 Å². The number of esters is 3.